The molecule has 0 aliphatic carbocycles. The summed E-state index contributed by atoms with van der Waals surface area (Å²) in [5.74, 6) is -0.441. The summed E-state index contributed by atoms with van der Waals surface area (Å²) in [6.07, 6.45) is -2.39. The number of aromatic nitrogens is 1. The van der Waals surface area contributed by atoms with Gasteiger partial charge in [0.1, 0.15) is 11.6 Å². The number of nitrogens with one attached hydrogen (secondary N) is 2. The standard InChI is InChI=1S/C22H23F3N4O2/c1-13-16(14(2)27-21(31)17(13)12-26)6-8-20(30)28-18-11-15(22(23,24)25)5-7-19(18)29-9-3-4-10-29/h5,7,11H,3-4,6,8-10H2,1-2H3,(H,27,31)(H,28,30). The molecule has 0 atom stereocenters. The van der Waals surface area contributed by atoms with E-state index in [9.17, 15) is 22.8 Å². The van der Waals surface area contributed by atoms with Crippen LogP contribution in [-0.2, 0) is 17.4 Å². The van der Waals surface area contributed by atoms with Crippen molar-refractivity contribution >= 4 is 17.3 Å². The van der Waals surface area contributed by atoms with E-state index in [4.69, 9.17) is 5.26 Å². The van der Waals surface area contributed by atoms with Crippen LogP contribution in [0.25, 0.3) is 0 Å². The molecule has 1 aliphatic heterocycles. The van der Waals surface area contributed by atoms with Gasteiger partial charge in [-0.1, -0.05) is 0 Å². The number of hydrogen-bond donors (Lipinski definition) is 2. The van der Waals surface area contributed by atoms with Crippen LogP contribution in [0, 0.1) is 25.2 Å². The van der Waals surface area contributed by atoms with Crippen molar-refractivity contribution in [2.24, 2.45) is 0 Å². The second-order valence-electron chi connectivity index (χ2n) is 7.64. The number of H-pyrrole nitrogens is 1. The van der Waals surface area contributed by atoms with E-state index in [2.05, 4.69) is 10.3 Å². The highest BCUT2D eigenvalue weighted by atomic mass is 19.4. The Morgan fingerprint density at radius 2 is 1.94 bits per heavy atom. The van der Waals surface area contributed by atoms with Crippen LogP contribution in [0.4, 0.5) is 24.5 Å². The van der Waals surface area contributed by atoms with E-state index in [0.29, 0.717) is 22.5 Å². The third-order valence-corrected chi connectivity index (χ3v) is 5.57. The second kappa shape index (κ2) is 8.84. The number of alkyl halides is 3. The molecule has 164 valence electrons. The summed E-state index contributed by atoms with van der Waals surface area (Å²) < 4.78 is 39.6. The van der Waals surface area contributed by atoms with E-state index >= 15 is 0 Å². The average molecular weight is 432 g/mol. The van der Waals surface area contributed by atoms with Gasteiger partial charge in [-0.3, -0.25) is 9.59 Å². The predicted octanol–water partition coefficient (Wildman–Crippen LogP) is 4.05. The van der Waals surface area contributed by atoms with Crippen molar-refractivity contribution in [3.63, 3.8) is 0 Å². The van der Waals surface area contributed by atoms with Crippen molar-refractivity contribution < 1.29 is 18.0 Å². The number of anilines is 2. The Morgan fingerprint density at radius 3 is 2.55 bits per heavy atom. The molecule has 9 heteroatoms. The fraction of sp³-hybridized carbons (Fsp3) is 0.409. The normalized spacial score (nSPS) is 13.9. The predicted molar refractivity (Wildman–Crippen MR) is 111 cm³/mol. The van der Waals surface area contributed by atoms with Gasteiger partial charge in [0, 0.05) is 25.2 Å². The quantitative estimate of drug-likeness (QED) is 0.746. The van der Waals surface area contributed by atoms with Crippen LogP contribution in [-0.4, -0.2) is 24.0 Å². The van der Waals surface area contributed by atoms with Crippen molar-refractivity contribution in [1.29, 1.82) is 5.26 Å². The third-order valence-electron chi connectivity index (χ3n) is 5.57. The molecule has 3 rings (SSSR count). The van der Waals surface area contributed by atoms with Crippen LogP contribution >= 0.6 is 0 Å². The zero-order valence-corrected chi connectivity index (χ0v) is 17.3. The molecule has 6 nitrogen and oxygen atoms in total. The number of carbonyl (C=O) groups excluding carboxylic acids is 1. The van der Waals surface area contributed by atoms with Gasteiger partial charge < -0.3 is 15.2 Å². The second-order valence-corrected chi connectivity index (χ2v) is 7.64. The number of halogens is 3. The van der Waals surface area contributed by atoms with Gasteiger partial charge >= 0.3 is 6.18 Å². The number of aryl methyl sites for hydroxylation is 1. The highest BCUT2D eigenvalue weighted by Gasteiger charge is 2.32. The molecule has 1 aromatic carbocycles. The van der Waals surface area contributed by atoms with E-state index in [1.807, 2.05) is 11.0 Å². The van der Waals surface area contributed by atoms with E-state index in [1.54, 1.807) is 13.8 Å². The zero-order chi connectivity index (χ0) is 22.8. The average Bonchev–Trinajstić information content (AvgIpc) is 3.21. The van der Waals surface area contributed by atoms with Crippen molar-refractivity contribution in [3.8, 4) is 6.07 Å². The molecule has 1 amide bonds. The molecular formula is C22H23F3N4O2. The van der Waals surface area contributed by atoms with Crippen LogP contribution in [0.15, 0.2) is 23.0 Å². The summed E-state index contributed by atoms with van der Waals surface area (Å²) in [7, 11) is 0. The maximum atomic E-state index is 13.2. The largest absolute Gasteiger partial charge is 0.416 e. The van der Waals surface area contributed by atoms with Crippen molar-refractivity contribution in [3.05, 3.63) is 56.5 Å². The topological polar surface area (TPSA) is 89.0 Å². The molecule has 0 spiro atoms. The molecular weight excluding hydrogens is 409 g/mol. The number of nitrogens with zero attached hydrogens (tertiary/aromatic N) is 2. The number of benzene rings is 1. The number of carbonyl (C=O) groups is 1. The first-order valence-electron chi connectivity index (χ1n) is 10.0. The van der Waals surface area contributed by atoms with Crippen molar-refractivity contribution in [1.82, 2.24) is 4.98 Å². The highest BCUT2D eigenvalue weighted by Crippen LogP contribution is 2.36. The third kappa shape index (κ3) is 4.90. The molecule has 1 aliphatic rings. The maximum Gasteiger partial charge on any atom is 0.416 e. The number of amides is 1. The first-order chi connectivity index (χ1) is 14.6. The van der Waals surface area contributed by atoms with Gasteiger partial charge in [-0.25, -0.2) is 0 Å². The van der Waals surface area contributed by atoms with Crippen molar-refractivity contribution in [2.75, 3.05) is 23.3 Å². The Labute approximate surface area is 177 Å². The fourth-order valence-corrected chi connectivity index (χ4v) is 3.92. The van der Waals surface area contributed by atoms with Gasteiger partial charge in [0.25, 0.3) is 5.56 Å². The lowest BCUT2D eigenvalue weighted by Crippen LogP contribution is -2.22. The molecule has 0 radical (unpaired) electrons. The van der Waals surface area contributed by atoms with Gasteiger partial charge in [0.2, 0.25) is 5.91 Å². The number of hydrogen-bond acceptors (Lipinski definition) is 4. The van der Waals surface area contributed by atoms with Crippen LogP contribution in [0.2, 0.25) is 0 Å². The summed E-state index contributed by atoms with van der Waals surface area (Å²) in [4.78, 5) is 29.0. The molecule has 2 N–H and O–H groups in total. The Kier molecular flexibility index (Phi) is 6.39. The summed E-state index contributed by atoms with van der Waals surface area (Å²) in [5.41, 5.74) is 1.14. The number of pyridine rings is 1. The molecule has 0 bridgehead atoms. The molecule has 1 aromatic heterocycles. The Balaban J connectivity index is 1.82. The van der Waals surface area contributed by atoms with Crippen LogP contribution in [0.5, 0.6) is 0 Å². The first-order valence-corrected chi connectivity index (χ1v) is 10.0. The van der Waals surface area contributed by atoms with Gasteiger partial charge in [-0.2, -0.15) is 18.4 Å². The molecule has 2 heterocycles. The van der Waals surface area contributed by atoms with Gasteiger partial charge in [0.05, 0.1) is 16.9 Å². The molecule has 1 fully saturated rings. The molecule has 0 saturated carbocycles. The summed E-state index contributed by atoms with van der Waals surface area (Å²) in [6.45, 7) is 4.77. The minimum Gasteiger partial charge on any atom is -0.370 e. The molecule has 1 saturated heterocycles. The molecule has 0 unspecified atom stereocenters. The van der Waals surface area contributed by atoms with E-state index in [1.165, 1.54) is 6.07 Å². The van der Waals surface area contributed by atoms with E-state index < -0.39 is 23.2 Å². The van der Waals surface area contributed by atoms with Crippen LogP contribution in [0.1, 0.15) is 47.2 Å². The minimum atomic E-state index is -4.51. The maximum absolute atomic E-state index is 13.2. The van der Waals surface area contributed by atoms with Gasteiger partial charge in [-0.15, -0.1) is 0 Å². The molecule has 31 heavy (non-hydrogen) atoms. The molecule has 2 aromatic rings. The van der Waals surface area contributed by atoms with E-state index in [0.717, 1.165) is 38.1 Å². The van der Waals surface area contributed by atoms with Crippen LogP contribution < -0.4 is 15.8 Å². The lowest BCUT2D eigenvalue weighted by atomic mass is 9.99. The summed E-state index contributed by atoms with van der Waals surface area (Å²) in [5, 5.41) is 11.8. The Morgan fingerprint density at radius 1 is 1.26 bits per heavy atom. The van der Waals surface area contributed by atoms with Gasteiger partial charge in [0.15, 0.2) is 0 Å². The highest BCUT2D eigenvalue weighted by molar-refractivity contribution is 5.94. The Hall–Kier alpha value is -3.28. The zero-order valence-electron chi connectivity index (χ0n) is 17.3. The number of rotatable bonds is 5. The number of aromatic amines is 1. The van der Waals surface area contributed by atoms with Crippen molar-refractivity contribution in [2.45, 2.75) is 45.7 Å². The monoisotopic (exact) mass is 432 g/mol. The first kappa shape index (κ1) is 22.4. The lowest BCUT2D eigenvalue weighted by Gasteiger charge is -2.23. The minimum absolute atomic E-state index is 0.00444. The lowest BCUT2D eigenvalue weighted by molar-refractivity contribution is -0.137. The smallest absolute Gasteiger partial charge is 0.370 e. The van der Waals surface area contributed by atoms with E-state index in [-0.39, 0.29) is 24.1 Å². The number of nitriles is 1. The SMILES string of the molecule is Cc1[nH]c(=O)c(C#N)c(C)c1CCC(=O)Nc1cc(C(F)(F)F)ccc1N1CCCC1. The Bertz CT molecular complexity index is 1090. The fourth-order valence-electron chi connectivity index (χ4n) is 3.92. The van der Waals surface area contributed by atoms with Gasteiger partial charge in [-0.05, 0) is 62.4 Å². The summed E-state index contributed by atoms with van der Waals surface area (Å²) >= 11 is 0. The van der Waals surface area contributed by atoms with Crippen LogP contribution in [0.3, 0.4) is 0 Å². The summed E-state index contributed by atoms with van der Waals surface area (Å²) in [6, 6.07) is 5.26.